The van der Waals surface area contributed by atoms with Crippen LogP contribution >= 0.6 is 0 Å². The lowest BCUT2D eigenvalue weighted by Crippen LogP contribution is -2.33. The van der Waals surface area contributed by atoms with Gasteiger partial charge in [0.25, 0.3) is 5.91 Å². The van der Waals surface area contributed by atoms with Crippen molar-refractivity contribution in [3.63, 3.8) is 0 Å². The van der Waals surface area contributed by atoms with Crippen molar-refractivity contribution in [3.05, 3.63) is 108 Å². The molecule has 2 N–H and O–H groups in total. The Morgan fingerprint density at radius 2 is 1.95 bits per heavy atom. The van der Waals surface area contributed by atoms with Crippen molar-refractivity contribution in [2.75, 3.05) is 19.0 Å². The predicted molar refractivity (Wildman–Crippen MR) is 152 cm³/mol. The number of imidazole rings is 1. The van der Waals surface area contributed by atoms with Crippen LogP contribution in [0.5, 0.6) is 5.75 Å². The van der Waals surface area contributed by atoms with Crippen LogP contribution in [0, 0.1) is 5.82 Å². The number of carbonyl (C=O) groups is 1. The fourth-order valence-corrected chi connectivity index (χ4v) is 4.19. The van der Waals surface area contributed by atoms with Gasteiger partial charge in [-0.3, -0.25) is 4.79 Å². The van der Waals surface area contributed by atoms with Gasteiger partial charge >= 0.3 is 0 Å². The van der Waals surface area contributed by atoms with E-state index in [4.69, 9.17) is 4.74 Å². The maximum Gasteiger partial charge on any atom is 0.280 e. The van der Waals surface area contributed by atoms with Crippen LogP contribution in [-0.2, 0) is 19.4 Å². The van der Waals surface area contributed by atoms with Gasteiger partial charge in [0.2, 0.25) is 5.96 Å². The third-order valence-electron chi connectivity index (χ3n) is 6.12. The largest absolute Gasteiger partial charge is 0.496 e. The zero-order chi connectivity index (χ0) is 26.7. The van der Waals surface area contributed by atoms with Crippen LogP contribution in [0.25, 0.3) is 0 Å². The number of hydrogen-bond donors (Lipinski definition) is 2. The van der Waals surface area contributed by atoms with Crippen molar-refractivity contribution < 1.29 is 13.9 Å². The number of anilines is 1. The third-order valence-corrected chi connectivity index (χ3v) is 6.12. The number of aromatic nitrogens is 2. The number of methoxy groups -OCH3 is 1. The fourth-order valence-electron chi connectivity index (χ4n) is 4.19. The molecule has 38 heavy (non-hydrogen) atoms. The average molecular weight is 511 g/mol. The highest BCUT2D eigenvalue weighted by atomic mass is 19.1. The number of para-hydroxylation sites is 1. The van der Waals surface area contributed by atoms with E-state index in [0.717, 1.165) is 35.4 Å². The van der Waals surface area contributed by atoms with E-state index in [1.807, 2.05) is 67.1 Å². The Kier molecular flexibility index (Phi) is 9.29. The first-order chi connectivity index (χ1) is 18.5. The van der Waals surface area contributed by atoms with Gasteiger partial charge in [-0.2, -0.15) is 4.99 Å². The van der Waals surface area contributed by atoms with Crippen LogP contribution in [-0.4, -0.2) is 42.9 Å². The highest BCUT2D eigenvalue weighted by Gasteiger charge is 2.17. The van der Waals surface area contributed by atoms with Crippen molar-refractivity contribution in [2.24, 2.45) is 4.99 Å². The number of ether oxygens (including phenoxy) is 1. The molecule has 0 aliphatic heterocycles. The van der Waals surface area contributed by atoms with Crippen molar-refractivity contribution in [3.8, 4) is 5.75 Å². The minimum Gasteiger partial charge on any atom is -0.496 e. The lowest BCUT2D eigenvalue weighted by atomic mass is 9.91. The van der Waals surface area contributed by atoms with Crippen molar-refractivity contribution >= 4 is 30.9 Å². The van der Waals surface area contributed by atoms with Crippen LogP contribution in [0.3, 0.4) is 0 Å². The smallest absolute Gasteiger partial charge is 0.280 e. The first kappa shape index (κ1) is 26.7. The number of halogens is 1. The molecule has 1 heterocycles. The SMILES string of the molecule is Bc1ccc(OC)c(CCc2c(F)cccc2C(=O)/N=C(\NCCCn2ccnc2)Nc2ccccc2)c1. The minimum absolute atomic E-state index is 0.240. The maximum atomic E-state index is 15.0. The molecule has 194 valence electrons. The fraction of sp³-hybridized carbons (Fsp3) is 0.207. The molecule has 1 aromatic heterocycles. The van der Waals surface area contributed by atoms with Gasteiger partial charge < -0.3 is 19.9 Å². The molecule has 0 bridgehead atoms. The Balaban J connectivity index is 1.53. The van der Waals surface area contributed by atoms with E-state index in [0.29, 0.717) is 30.9 Å². The highest BCUT2D eigenvalue weighted by molar-refractivity contribution is 6.32. The van der Waals surface area contributed by atoms with Gasteiger partial charge in [0.1, 0.15) is 19.4 Å². The monoisotopic (exact) mass is 511 g/mol. The molecule has 0 spiro atoms. The zero-order valence-corrected chi connectivity index (χ0v) is 21.7. The molecular formula is C29H31BFN5O2. The molecule has 0 unspecified atom stereocenters. The highest BCUT2D eigenvalue weighted by Crippen LogP contribution is 2.22. The molecule has 0 aliphatic rings. The summed E-state index contributed by atoms with van der Waals surface area (Å²) in [5.41, 5.74) is 3.41. The summed E-state index contributed by atoms with van der Waals surface area (Å²) in [6, 6.07) is 19.9. The summed E-state index contributed by atoms with van der Waals surface area (Å²) in [5, 5.41) is 6.39. The molecule has 0 radical (unpaired) electrons. The average Bonchev–Trinajstić information content (AvgIpc) is 3.44. The Morgan fingerprint density at radius 1 is 1.11 bits per heavy atom. The van der Waals surface area contributed by atoms with E-state index in [1.54, 1.807) is 25.7 Å². The number of rotatable bonds is 10. The quantitative estimate of drug-likeness (QED) is 0.148. The number of nitrogens with zero attached hydrogens (tertiary/aromatic N) is 3. The van der Waals surface area contributed by atoms with Crippen LogP contribution in [0.15, 0.2) is 90.4 Å². The van der Waals surface area contributed by atoms with Gasteiger partial charge in [0.05, 0.1) is 13.4 Å². The number of hydrogen-bond acceptors (Lipinski definition) is 3. The van der Waals surface area contributed by atoms with E-state index in [1.165, 1.54) is 12.1 Å². The standard InChI is InChI=1S/C29H31BFN5O2/c1-38-27-14-12-22(30)19-21(27)11-13-24-25(9-5-10-26(24)31)28(37)35-29(34-23-7-3-2-4-8-23)33-15-6-17-36-18-16-32-20-36/h2-5,7-10,12,14,16,18-20H,6,11,13,15,17,30H2,1H3,(H2,33,34,35,37). The Labute approximate surface area is 223 Å². The molecule has 9 heteroatoms. The van der Waals surface area contributed by atoms with E-state index in [-0.39, 0.29) is 5.56 Å². The summed E-state index contributed by atoms with van der Waals surface area (Å²) in [5.74, 6) is 0.106. The summed E-state index contributed by atoms with van der Waals surface area (Å²) in [6.45, 7) is 1.35. The van der Waals surface area contributed by atoms with Crippen LogP contribution < -0.4 is 20.8 Å². The third kappa shape index (κ3) is 7.32. The van der Waals surface area contributed by atoms with Gasteiger partial charge in [0, 0.05) is 42.3 Å². The van der Waals surface area contributed by atoms with Crippen molar-refractivity contribution in [1.29, 1.82) is 0 Å². The van der Waals surface area contributed by atoms with E-state index in [2.05, 4.69) is 20.6 Å². The minimum atomic E-state index is -0.517. The van der Waals surface area contributed by atoms with Gasteiger partial charge in [-0.1, -0.05) is 41.9 Å². The summed E-state index contributed by atoms with van der Waals surface area (Å²) >= 11 is 0. The molecule has 0 saturated heterocycles. The van der Waals surface area contributed by atoms with E-state index in [9.17, 15) is 9.18 Å². The number of carbonyl (C=O) groups excluding carboxylic acids is 1. The predicted octanol–water partition coefficient (Wildman–Crippen LogP) is 3.36. The molecular weight excluding hydrogens is 480 g/mol. The van der Waals surface area contributed by atoms with E-state index < -0.39 is 11.7 Å². The summed E-state index contributed by atoms with van der Waals surface area (Å²) < 4.78 is 22.4. The maximum absolute atomic E-state index is 15.0. The summed E-state index contributed by atoms with van der Waals surface area (Å²) in [4.78, 5) is 21.7. The lowest BCUT2D eigenvalue weighted by molar-refractivity contribution is 0.100. The molecule has 1 amide bonds. The number of benzene rings is 3. The van der Waals surface area contributed by atoms with Crippen molar-refractivity contribution in [1.82, 2.24) is 14.9 Å². The number of amides is 1. The number of aryl methyl sites for hydroxylation is 2. The normalized spacial score (nSPS) is 11.3. The molecule has 4 aromatic rings. The summed E-state index contributed by atoms with van der Waals surface area (Å²) in [7, 11) is 3.62. The molecule has 7 nitrogen and oxygen atoms in total. The zero-order valence-electron chi connectivity index (χ0n) is 21.7. The van der Waals surface area contributed by atoms with Gasteiger partial charge in [-0.25, -0.2) is 9.37 Å². The van der Waals surface area contributed by atoms with Crippen molar-refractivity contribution in [2.45, 2.75) is 25.8 Å². The van der Waals surface area contributed by atoms with Gasteiger partial charge in [0.15, 0.2) is 0 Å². The molecule has 0 aliphatic carbocycles. The number of nitrogens with one attached hydrogen (secondary N) is 2. The first-order valence-corrected chi connectivity index (χ1v) is 12.6. The van der Waals surface area contributed by atoms with Crippen LogP contribution in [0.4, 0.5) is 10.1 Å². The van der Waals surface area contributed by atoms with Crippen LogP contribution in [0.1, 0.15) is 27.9 Å². The number of aliphatic imine (C=N–C) groups is 1. The second kappa shape index (κ2) is 13.2. The molecule has 3 aromatic carbocycles. The Hall–Kier alpha value is -4.40. The second-order valence-electron chi connectivity index (χ2n) is 8.92. The molecule has 0 saturated carbocycles. The molecule has 0 fully saturated rings. The van der Waals surface area contributed by atoms with Gasteiger partial charge in [-0.05, 0) is 55.2 Å². The Morgan fingerprint density at radius 3 is 2.71 bits per heavy atom. The summed E-state index contributed by atoms with van der Waals surface area (Å²) in [6.07, 6.45) is 7.06. The Bertz CT molecular complexity index is 1380. The lowest BCUT2D eigenvalue weighted by Gasteiger charge is -2.14. The van der Waals surface area contributed by atoms with Crippen LogP contribution in [0.2, 0.25) is 0 Å². The second-order valence-corrected chi connectivity index (χ2v) is 8.92. The topological polar surface area (TPSA) is 80.5 Å². The first-order valence-electron chi connectivity index (χ1n) is 12.6. The van der Waals surface area contributed by atoms with E-state index >= 15 is 0 Å². The molecule has 0 atom stereocenters. The molecule has 4 rings (SSSR count). The van der Waals surface area contributed by atoms with Gasteiger partial charge in [-0.15, -0.1) is 0 Å². The number of guanidine groups is 1.